The predicted molar refractivity (Wildman–Crippen MR) is 555 cm³/mol. The smallest absolute Gasteiger partial charge is 0.271 e. The normalized spacial score (nSPS) is 11.7. The minimum atomic E-state index is -0.347. The molecule has 26 rings (SSSR count). The maximum atomic E-state index is 12.7. The summed E-state index contributed by atoms with van der Waals surface area (Å²) < 4.78 is 18.0. The molecule has 0 N–H and O–H groups in total. The van der Waals surface area contributed by atoms with Crippen LogP contribution in [0.5, 0.6) is 0 Å². The molecule has 632 valence electrons. The van der Waals surface area contributed by atoms with Crippen molar-refractivity contribution >= 4 is 186 Å². The number of fused-ring (bicyclic) bond motifs is 20. The Labute approximate surface area is 771 Å². The zero-order valence-electron chi connectivity index (χ0n) is 71.9. The molecule has 26 aromatic rings. The molecule has 0 spiro atoms. The monoisotopic (exact) mass is 1740 g/mol. The fraction of sp³-hybridized carbons (Fsp3) is 0. The molecule has 0 saturated carbocycles. The average molecular weight is 1740 g/mol. The number of furan rings is 1. The van der Waals surface area contributed by atoms with Gasteiger partial charge in [0.25, 0.3) is 11.4 Å². The lowest BCUT2D eigenvalue weighted by Crippen LogP contribution is -2.09. The van der Waals surface area contributed by atoms with Crippen LogP contribution in [0.2, 0.25) is 0 Å². The number of anilines is 6. The Balaban J connectivity index is 0.000000144. The lowest BCUT2D eigenvalue weighted by molar-refractivity contribution is -0.384. The van der Waals surface area contributed by atoms with Crippen molar-refractivity contribution < 1.29 is 14.3 Å². The summed E-state index contributed by atoms with van der Waals surface area (Å²) in [6.07, 6.45) is 0. The summed E-state index contributed by atoms with van der Waals surface area (Å²) in [6, 6.07) is 160. The Bertz CT molecular complexity index is 9080. The first-order chi connectivity index (χ1) is 66.2. The standard InChI is InChI=1S/C60H37N5O4S.C60H39N3O/c66-64(67)44-32-34-48-51(36-44)62(41-20-9-3-10-21-41)58-56(48)54(38-28-30-43(31-29-38)61(39-16-5-1-6-17-39)40-18-7-2-8-19-40)55(50-26-15-25-47-46-24-13-14-27-53(46)70-60(47)50)57-49-35-33-45(65(68)69)37-52(49)63(59(57)58)42-22-11-4-12-23-42;1-5-19-42(20-6-1)61(43-21-7-2-8-22-43)46-36-33-40(34-37-46)55-56(41-35-38-54-50(39-41)47-27-15-18-32-53(47)64-54)58-49-29-14-17-31-52(49)63(45-25-11-4-12-26-45)60(58)59-57(55)48-28-13-16-30-51(48)62(59)44-23-9-3-10-24-44/h1-37H;1-39H. The summed E-state index contributed by atoms with van der Waals surface area (Å²) in [7, 11) is 0. The van der Waals surface area contributed by atoms with E-state index < -0.39 is 0 Å². The first-order valence-electron chi connectivity index (χ1n) is 44.7. The fourth-order valence-electron chi connectivity index (χ4n) is 20.8. The van der Waals surface area contributed by atoms with Gasteiger partial charge in [-0.15, -0.1) is 11.3 Å². The first kappa shape index (κ1) is 78.3. The van der Waals surface area contributed by atoms with Crippen molar-refractivity contribution in [3.8, 4) is 67.3 Å². The van der Waals surface area contributed by atoms with Gasteiger partial charge in [0.05, 0.1) is 54.0 Å². The summed E-state index contributed by atoms with van der Waals surface area (Å²) in [6.45, 7) is 0. The van der Waals surface area contributed by atoms with E-state index in [2.05, 4.69) is 350 Å². The predicted octanol–water partition coefficient (Wildman–Crippen LogP) is 33.5. The van der Waals surface area contributed by atoms with Crippen molar-refractivity contribution in [2.24, 2.45) is 0 Å². The second kappa shape index (κ2) is 32.0. The molecule has 0 aliphatic carbocycles. The number of rotatable bonds is 16. The van der Waals surface area contributed by atoms with Crippen molar-refractivity contribution in [1.82, 2.24) is 18.3 Å². The summed E-state index contributed by atoms with van der Waals surface area (Å²) >= 11 is 1.75. The molecule has 6 heterocycles. The van der Waals surface area contributed by atoms with Crippen molar-refractivity contribution in [2.45, 2.75) is 0 Å². The molecular weight excluding hydrogens is 1670 g/mol. The zero-order chi connectivity index (χ0) is 89.2. The van der Waals surface area contributed by atoms with E-state index >= 15 is 0 Å². The molecule has 14 heteroatoms. The van der Waals surface area contributed by atoms with Crippen LogP contribution in [0.15, 0.2) is 465 Å². The van der Waals surface area contributed by atoms with Gasteiger partial charge < -0.3 is 32.5 Å². The maximum Gasteiger partial charge on any atom is 0.271 e. The fourth-order valence-corrected chi connectivity index (χ4v) is 22.0. The van der Waals surface area contributed by atoms with Crippen LogP contribution in [0.25, 0.3) is 197 Å². The van der Waals surface area contributed by atoms with Gasteiger partial charge >= 0.3 is 0 Å². The summed E-state index contributed by atoms with van der Waals surface area (Å²) in [5.74, 6) is 0. The highest BCUT2D eigenvalue weighted by Crippen LogP contribution is 2.58. The van der Waals surface area contributed by atoms with Crippen LogP contribution >= 0.6 is 11.3 Å². The third-order valence-corrected chi connectivity index (χ3v) is 27.5. The highest BCUT2D eigenvalue weighted by atomic mass is 32.1. The topological polar surface area (TPSA) is 126 Å². The summed E-state index contributed by atoms with van der Waals surface area (Å²) in [4.78, 5) is 29.3. The molecule has 0 amide bonds. The Hall–Kier alpha value is -18.0. The Morgan fingerprint density at radius 3 is 0.978 bits per heavy atom. The highest BCUT2D eigenvalue weighted by Gasteiger charge is 2.34. The van der Waals surface area contributed by atoms with Gasteiger partial charge in [-0.05, 0) is 187 Å². The van der Waals surface area contributed by atoms with Crippen LogP contribution in [0.3, 0.4) is 0 Å². The van der Waals surface area contributed by atoms with E-state index in [1.165, 1.54) is 32.7 Å². The lowest BCUT2D eigenvalue weighted by atomic mass is 9.86. The molecule has 0 radical (unpaired) electrons. The van der Waals surface area contributed by atoms with Gasteiger partial charge in [-0.3, -0.25) is 20.2 Å². The van der Waals surface area contributed by atoms with E-state index in [4.69, 9.17) is 4.42 Å². The molecule has 20 aromatic carbocycles. The number of benzene rings is 20. The first-order valence-corrected chi connectivity index (χ1v) is 45.5. The lowest BCUT2D eigenvalue weighted by Gasteiger charge is -2.26. The SMILES string of the molecule is O=[N+]([O-])c1ccc2c3c(-c4ccc(N(c5ccccc5)c5ccccc5)cc4)c(-c4cccc5c4sc4ccccc45)c4c5ccc([N+](=O)[O-])cc5n(-c5ccccc5)c4c3n(-c3ccccc3)c2c1.c1ccc(N(c2ccccc2)c2ccc(-c3c(-c4ccc5oc6ccccc6c5c4)c4c5ccccc5n(-c5ccccc5)c4c4c3c3ccccc3n4-c3ccccc3)cc2)cc1. The van der Waals surface area contributed by atoms with E-state index in [1.54, 1.807) is 35.6 Å². The van der Waals surface area contributed by atoms with E-state index in [9.17, 15) is 20.2 Å². The van der Waals surface area contributed by atoms with Gasteiger partial charge in [-0.2, -0.15) is 0 Å². The molecule has 134 heavy (non-hydrogen) atoms. The Morgan fingerprint density at radius 1 is 0.239 bits per heavy atom. The van der Waals surface area contributed by atoms with E-state index in [1.807, 2.05) is 115 Å². The number of hydrogen-bond donors (Lipinski definition) is 0. The summed E-state index contributed by atoms with van der Waals surface area (Å²) in [5.41, 5.74) is 27.8. The van der Waals surface area contributed by atoms with Crippen LogP contribution in [-0.4, -0.2) is 28.1 Å². The molecule has 0 atom stereocenters. The third kappa shape index (κ3) is 12.7. The number of non-ortho nitro benzene ring substituents is 2. The molecule has 0 saturated heterocycles. The third-order valence-electron chi connectivity index (χ3n) is 26.3. The number of thiophene rings is 1. The Morgan fingerprint density at radius 2 is 0.552 bits per heavy atom. The van der Waals surface area contributed by atoms with Crippen LogP contribution < -0.4 is 9.80 Å². The molecular formula is C120H76N8O5S. The minimum absolute atomic E-state index is 0.0340. The van der Waals surface area contributed by atoms with Gasteiger partial charge in [0.15, 0.2) is 0 Å². The molecule has 0 aliphatic rings. The van der Waals surface area contributed by atoms with Crippen LogP contribution in [0, 0.1) is 20.2 Å². The summed E-state index contributed by atoms with van der Waals surface area (Å²) in [5, 5.41) is 38.1. The number of nitro groups is 2. The highest BCUT2D eigenvalue weighted by molar-refractivity contribution is 7.26. The van der Waals surface area contributed by atoms with E-state index in [0.717, 1.165) is 187 Å². The van der Waals surface area contributed by atoms with Gasteiger partial charge in [-0.25, -0.2) is 0 Å². The van der Waals surface area contributed by atoms with Crippen LogP contribution in [-0.2, 0) is 0 Å². The molecule has 0 unspecified atom stereocenters. The van der Waals surface area contributed by atoms with Crippen molar-refractivity contribution in [1.29, 1.82) is 0 Å². The maximum absolute atomic E-state index is 12.7. The van der Waals surface area contributed by atoms with Gasteiger partial charge in [0.1, 0.15) is 11.2 Å². The van der Waals surface area contributed by atoms with Crippen molar-refractivity contribution in [3.05, 3.63) is 481 Å². The molecule has 6 aromatic heterocycles. The number of aromatic nitrogens is 4. The zero-order valence-corrected chi connectivity index (χ0v) is 72.7. The Kier molecular flexibility index (Phi) is 18.7. The van der Waals surface area contributed by atoms with Crippen molar-refractivity contribution in [3.63, 3.8) is 0 Å². The largest absolute Gasteiger partial charge is 0.456 e. The van der Waals surface area contributed by atoms with E-state index in [-0.39, 0.29) is 21.2 Å². The number of nitrogens with zero attached hydrogens (tertiary/aromatic N) is 8. The van der Waals surface area contributed by atoms with Gasteiger partial charge in [0, 0.05) is 183 Å². The molecule has 0 bridgehead atoms. The quantitative estimate of drug-likeness (QED) is 0.0697. The van der Waals surface area contributed by atoms with E-state index in [0.29, 0.717) is 11.0 Å². The number of hydrogen-bond acceptors (Lipinski definition) is 8. The second-order valence-electron chi connectivity index (χ2n) is 33.7. The number of nitro benzene ring substituents is 2. The van der Waals surface area contributed by atoms with Crippen LogP contribution in [0.4, 0.5) is 45.5 Å². The van der Waals surface area contributed by atoms with Crippen LogP contribution in [0.1, 0.15) is 0 Å². The second-order valence-corrected chi connectivity index (χ2v) is 34.8. The molecule has 13 nitrogen and oxygen atoms in total. The molecule has 0 aliphatic heterocycles. The van der Waals surface area contributed by atoms with Crippen molar-refractivity contribution in [2.75, 3.05) is 9.80 Å². The average Bonchev–Trinajstić information content (AvgIpc) is 1.52. The minimum Gasteiger partial charge on any atom is -0.456 e. The molecule has 0 fully saturated rings. The number of para-hydroxylation sites is 11. The van der Waals surface area contributed by atoms with Gasteiger partial charge in [-0.1, -0.05) is 267 Å². The van der Waals surface area contributed by atoms with Gasteiger partial charge in [0.2, 0.25) is 0 Å².